The number of unbranched alkanes of at least 4 members (excludes halogenated alkanes) is 1. The lowest BCUT2D eigenvalue weighted by molar-refractivity contribution is -0.167. The molecule has 0 spiro atoms. The number of benzene rings is 2. The van der Waals surface area contributed by atoms with Gasteiger partial charge in [0.25, 0.3) is 0 Å². The minimum Gasteiger partial charge on any atom is -0.391 e. The molecule has 0 bridgehead atoms. The van der Waals surface area contributed by atoms with Gasteiger partial charge in [-0.1, -0.05) is 41.9 Å². The highest BCUT2D eigenvalue weighted by Gasteiger charge is 2.45. The van der Waals surface area contributed by atoms with E-state index in [0.717, 1.165) is 23.1 Å². The van der Waals surface area contributed by atoms with E-state index in [1.165, 1.54) is 0 Å². The number of hydrogen-bond donors (Lipinski definition) is 3. The van der Waals surface area contributed by atoms with Crippen molar-refractivity contribution in [1.29, 1.82) is 0 Å². The Morgan fingerprint density at radius 2 is 1.97 bits per heavy atom. The molecule has 1 heterocycles. The Balaban J connectivity index is 1.69. The van der Waals surface area contributed by atoms with Crippen LogP contribution in [0.3, 0.4) is 0 Å². The number of nitrogens with two attached hydrogens (primary N) is 1. The maximum absolute atomic E-state index is 13.4. The molecule has 4 rings (SSSR count). The van der Waals surface area contributed by atoms with Gasteiger partial charge in [-0.2, -0.15) is 0 Å². The van der Waals surface area contributed by atoms with Gasteiger partial charge in [-0.05, 0) is 60.9 Å². The number of aliphatic hydroxyl groups is 2. The van der Waals surface area contributed by atoms with Crippen molar-refractivity contribution in [3.63, 3.8) is 0 Å². The monoisotopic (exact) mass is 560 g/mol. The van der Waals surface area contributed by atoms with Gasteiger partial charge in [0.2, 0.25) is 5.91 Å². The summed E-state index contributed by atoms with van der Waals surface area (Å²) >= 11 is 6.81. The standard InChI is InChI=1S/C30H41ClN2O6/c1-37-13-4-3-11-30(36,27-18-33(12-14-39-27)29(35)22-16-25(32)26(34)17-22)23-9-6-10-24(31)28(23)21-8-5-7-20(15-21)19-38-2/h5-10,15,22,25-27,34,36H,3-4,11-14,16-19,32H2,1-2H3. The normalized spacial score (nSPS) is 25.0. The van der Waals surface area contributed by atoms with Crippen LogP contribution in [0.5, 0.6) is 0 Å². The Morgan fingerprint density at radius 3 is 2.69 bits per heavy atom. The van der Waals surface area contributed by atoms with Crippen LogP contribution in [0, 0.1) is 5.92 Å². The highest BCUT2D eigenvalue weighted by Crippen LogP contribution is 2.43. The van der Waals surface area contributed by atoms with Crippen LogP contribution in [0.1, 0.15) is 43.2 Å². The summed E-state index contributed by atoms with van der Waals surface area (Å²) in [4.78, 5) is 15.2. The summed E-state index contributed by atoms with van der Waals surface area (Å²) in [6.07, 6.45) is 1.34. The van der Waals surface area contributed by atoms with Crippen LogP contribution >= 0.6 is 11.6 Å². The minimum atomic E-state index is -1.42. The van der Waals surface area contributed by atoms with E-state index in [1.807, 2.05) is 42.5 Å². The van der Waals surface area contributed by atoms with Crippen LogP contribution in [-0.2, 0) is 31.2 Å². The fourth-order valence-electron chi connectivity index (χ4n) is 5.92. The zero-order valence-corrected chi connectivity index (χ0v) is 23.6. The molecule has 5 unspecified atom stereocenters. The average molecular weight is 561 g/mol. The van der Waals surface area contributed by atoms with Gasteiger partial charge in [0.15, 0.2) is 0 Å². The molecule has 0 aromatic heterocycles. The lowest BCUT2D eigenvalue weighted by Gasteiger charge is -2.44. The van der Waals surface area contributed by atoms with E-state index in [9.17, 15) is 15.0 Å². The van der Waals surface area contributed by atoms with Crippen molar-refractivity contribution >= 4 is 17.5 Å². The SMILES string of the molecule is COCCCCC(O)(c1cccc(Cl)c1-c1cccc(COC)c1)C1CN(C(=O)C2CC(N)C(O)C2)CCO1. The van der Waals surface area contributed by atoms with Gasteiger partial charge in [-0.3, -0.25) is 4.79 Å². The van der Waals surface area contributed by atoms with E-state index in [1.54, 1.807) is 19.1 Å². The van der Waals surface area contributed by atoms with Gasteiger partial charge >= 0.3 is 0 Å². The van der Waals surface area contributed by atoms with E-state index in [-0.39, 0.29) is 18.4 Å². The molecule has 2 aliphatic rings. The predicted octanol–water partition coefficient (Wildman–Crippen LogP) is 3.48. The molecule has 1 aliphatic carbocycles. The number of amides is 1. The molecule has 2 aromatic rings. The predicted molar refractivity (Wildman–Crippen MR) is 150 cm³/mol. The maximum Gasteiger partial charge on any atom is 0.226 e. The van der Waals surface area contributed by atoms with Crippen molar-refractivity contribution in [2.45, 2.75) is 62.6 Å². The van der Waals surface area contributed by atoms with Gasteiger partial charge in [0.05, 0.1) is 25.9 Å². The van der Waals surface area contributed by atoms with Crippen molar-refractivity contribution in [3.05, 3.63) is 58.6 Å². The number of carbonyl (C=O) groups is 1. The first kappa shape index (κ1) is 29.9. The molecule has 4 N–H and O–H groups in total. The number of halogens is 1. The van der Waals surface area contributed by atoms with Crippen LogP contribution in [0.4, 0.5) is 0 Å². The first-order valence-corrected chi connectivity index (χ1v) is 14.1. The smallest absolute Gasteiger partial charge is 0.226 e. The van der Waals surface area contributed by atoms with Crippen molar-refractivity contribution in [2.75, 3.05) is 40.5 Å². The molecular weight excluding hydrogens is 520 g/mol. The molecule has 2 aromatic carbocycles. The number of rotatable bonds is 11. The summed E-state index contributed by atoms with van der Waals surface area (Å²) in [5.41, 5.74) is 7.84. The Morgan fingerprint density at radius 1 is 1.18 bits per heavy atom. The van der Waals surface area contributed by atoms with E-state index in [4.69, 9.17) is 31.5 Å². The van der Waals surface area contributed by atoms with Gasteiger partial charge in [0, 0.05) is 49.9 Å². The van der Waals surface area contributed by atoms with Gasteiger partial charge in [-0.15, -0.1) is 0 Å². The second-order valence-electron chi connectivity index (χ2n) is 10.7. The first-order valence-electron chi connectivity index (χ1n) is 13.7. The van der Waals surface area contributed by atoms with Gasteiger partial charge < -0.3 is 35.1 Å². The maximum atomic E-state index is 13.4. The molecule has 2 fully saturated rings. The van der Waals surface area contributed by atoms with E-state index < -0.39 is 23.9 Å². The molecule has 1 amide bonds. The highest BCUT2D eigenvalue weighted by atomic mass is 35.5. The van der Waals surface area contributed by atoms with E-state index >= 15 is 0 Å². The third-order valence-corrected chi connectivity index (χ3v) is 8.31. The molecule has 8 nitrogen and oxygen atoms in total. The summed E-state index contributed by atoms with van der Waals surface area (Å²) in [6.45, 7) is 2.00. The number of hydrogen-bond acceptors (Lipinski definition) is 7. The largest absolute Gasteiger partial charge is 0.391 e. The summed E-state index contributed by atoms with van der Waals surface area (Å²) in [6, 6.07) is 13.1. The Bertz CT molecular complexity index is 1110. The number of nitrogens with zero attached hydrogens (tertiary/aromatic N) is 1. The van der Waals surface area contributed by atoms with Gasteiger partial charge in [-0.25, -0.2) is 0 Å². The zero-order chi connectivity index (χ0) is 28.0. The third kappa shape index (κ3) is 6.82. The van der Waals surface area contributed by atoms with Crippen LogP contribution < -0.4 is 5.73 Å². The highest BCUT2D eigenvalue weighted by molar-refractivity contribution is 6.33. The fourth-order valence-corrected chi connectivity index (χ4v) is 6.20. The third-order valence-electron chi connectivity index (χ3n) is 8.00. The second-order valence-corrected chi connectivity index (χ2v) is 11.1. The van der Waals surface area contributed by atoms with Crippen molar-refractivity contribution in [3.8, 4) is 11.1 Å². The number of aliphatic hydroxyl groups excluding tert-OH is 1. The topological polar surface area (TPSA) is 114 Å². The lowest BCUT2D eigenvalue weighted by atomic mass is 9.78. The molecule has 1 saturated heterocycles. The number of morpholine rings is 1. The fraction of sp³-hybridized carbons (Fsp3) is 0.567. The Hall–Kier alpha value is -2.04. The Labute approximate surface area is 236 Å². The van der Waals surface area contributed by atoms with Crippen molar-refractivity contribution < 1.29 is 29.2 Å². The molecule has 1 saturated carbocycles. The first-order chi connectivity index (χ1) is 18.8. The van der Waals surface area contributed by atoms with Crippen LogP contribution in [-0.4, -0.2) is 79.8 Å². The molecular formula is C30H41ClN2O6. The van der Waals surface area contributed by atoms with Gasteiger partial charge in [0.1, 0.15) is 11.7 Å². The van der Waals surface area contributed by atoms with E-state index in [2.05, 4.69) is 0 Å². The van der Waals surface area contributed by atoms with E-state index in [0.29, 0.717) is 62.6 Å². The van der Waals surface area contributed by atoms with Crippen LogP contribution in [0.2, 0.25) is 5.02 Å². The quantitative estimate of drug-likeness (QED) is 0.360. The second kappa shape index (κ2) is 13.5. The summed E-state index contributed by atoms with van der Waals surface area (Å²) in [5.74, 6) is -0.371. The summed E-state index contributed by atoms with van der Waals surface area (Å²) in [5, 5.41) is 23.2. The number of carbonyl (C=O) groups excluding carboxylic acids is 1. The molecule has 39 heavy (non-hydrogen) atoms. The molecule has 0 radical (unpaired) electrons. The molecule has 9 heteroatoms. The van der Waals surface area contributed by atoms with Crippen molar-refractivity contribution in [2.24, 2.45) is 11.7 Å². The average Bonchev–Trinajstić information content (AvgIpc) is 3.28. The summed E-state index contributed by atoms with van der Waals surface area (Å²) in [7, 11) is 3.31. The number of methoxy groups -OCH3 is 2. The lowest BCUT2D eigenvalue weighted by Crippen LogP contribution is -2.55. The van der Waals surface area contributed by atoms with Crippen LogP contribution in [0.15, 0.2) is 42.5 Å². The van der Waals surface area contributed by atoms with Crippen LogP contribution in [0.25, 0.3) is 11.1 Å². The molecule has 214 valence electrons. The zero-order valence-electron chi connectivity index (χ0n) is 22.9. The number of ether oxygens (including phenoxy) is 3. The molecule has 1 aliphatic heterocycles. The Kier molecular flexibility index (Phi) is 10.4. The summed E-state index contributed by atoms with van der Waals surface area (Å²) < 4.78 is 16.8. The van der Waals surface area contributed by atoms with Crippen molar-refractivity contribution in [1.82, 2.24) is 4.90 Å². The minimum absolute atomic E-state index is 0.0457. The molecule has 5 atom stereocenters.